The maximum Gasteiger partial charge on any atom is 0.159 e. The second kappa shape index (κ2) is 12.9. The van der Waals surface area contributed by atoms with Crippen LogP contribution in [0.1, 0.15) is 0 Å². The van der Waals surface area contributed by atoms with Crippen LogP contribution in [-0.4, -0.2) is 0 Å². The smallest absolute Gasteiger partial charge is 0.159 e. The van der Waals surface area contributed by atoms with Crippen molar-refractivity contribution in [3.63, 3.8) is 0 Å². The minimum atomic E-state index is 0.863. The van der Waals surface area contributed by atoms with Gasteiger partial charge in [-0.15, -0.1) is 11.3 Å². The van der Waals surface area contributed by atoms with Gasteiger partial charge in [0.25, 0.3) is 0 Å². The third-order valence-corrected chi connectivity index (χ3v) is 12.0. The summed E-state index contributed by atoms with van der Waals surface area (Å²) in [7, 11) is 0. The minimum Gasteiger partial charge on any atom is -0.454 e. The maximum absolute atomic E-state index is 6.68. The van der Waals surface area contributed by atoms with E-state index in [9.17, 15) is 0 Å². The first-order valence-electron chi connectivity index (χ1n) is 18.7. The minimum absolute atomic E-state index is 0.863. The summed E-state index contributed by atoms with van der Waals surface area (Å²) in [5, 5.41) is 7.32. The summed E-state index contributed by atoms with van der Waals surface area (Å²) in [6, 6.07) is 72.2. The third-order valence-electron chi connectivity index (χ3n) is 10.9. The Bertz CT molecular complexity index is 3200. The second-order valence-corrected chi connectivity index (χ2v) is 15.1. The number of fused-ring (bicyclic) bond motifs is 7. The zero-order valence-electron chi connectivity index (χ0n) is 29.8. The Kier molecular flexibility index (Phi) is 7.39. The van der Waals surface area contributed by atoms with Crippen molar-refractivity contribution in [1.82, 2.24) is 0 Å². The van der Waals surface area contributed by atoms with Crippen molar-refractivity contribution in [2.24, 2.45) is 0 Å². The van der Waals surface area contributed by atoms with Gasteiger partial charge in [0.2, 0.25) is 0 Å². The average Bonchev–Trinajstić information content (AvgIpc) is 3.83. The van der Waals surface area contributed by atoms with Crippen LogP contribution in [0.4, 0.5) is 17.1 Å². The monoisotopic (exact) mass is 719 g/mol. The molecule has 0 unspecified atom stereocenters. The maximum atomic E-state index is 6.68. The molecule has 0 amide bonds. The molecular formula is C52H33NOS. The molecule has 9 aromatic carbocycles. The number of hydrogen-bond donors (Lipinski definition) is 0. The molecule has 2 nitrogen and oxygen atoms in total. The van der Waals surface area contributed by atoms with Gasteiger partial charge in [0.15, 0.2) is 5.58 Å². The normalized spacial score (nSPS) is 11.6. The largest absolute Gasteiger partial charge is 0.454 e. The van der Waals surface area contributed by atoms with E-state index in [-0.39, 0.29) is 0 Å². The first-order valence-corrected chi connectivity index (χ1v) is 19.5. The number of benzene rings is 9. The van der Waals surface area contributed by atoms with E-state index >= 15 is 0 Å². The Morgan fingerprint density at radius 2 is 1.02 bits per heavy atom. The second-order valence-electron chi connectivity index (χ2n) is 14.1. The van der Waals surface area contributed by atoms with Crippen LogP contribution in [0.25, 0.3) is 86.3 Å². The van der Waals surface area contributed by atoms with E-state index < -0.39 is 0 Å². The molecule has 0 saturated heterocycles. The van der Waals surface area contributed by atoms with E-state index in [1.54, 1.807) is 0 Å². The molecule has 0 bridgehead atoms. The van der Waals surface area contributed by atoms with Gasteiger partial charge in [-0.3, -0.25) is 0 Å². The molecule has 0 spiro atoms. The molecule has 0 aliphatic carbocycles. The van der Waals surface area contributed by atoms with Crippen LogP contribution in [0.5, 0.6) is 0 Å². The van der Waals surface area contributed by atoms with E-state index in [1.165, 1.54) is 64.3 Å². The summed E-state index contributed by atoms with van der Waals surface area (Å²) in [6.45, 7) is 0. The highest BCUT2D eigenvalue weighted by Gasteiger charge is 2.21. The van der Waals surface area contributed by atoms with E-state index in [4.69, 9.17) is 4.42 Å². The molecule has 0 fully saturated rings. The molecule has 0 radical (unpaired) electrons. The van der Waals surface area contributed by atoms with Crippen molar-refractivity contribution in [2.45, 2.75) is 0 Å². The standard InChI is InChI=1S/C52H33NOS/c1-2-12-35(13-3-1)47-33-39(29-31-42(47)37-26-30-45-44-18-7-9-23-50(44)55-51(45)32-37)53(48-21-11-20-46-43-17-6-8-22-49(43)54-52(46)48)38-27-24-36(25-28-38)41-19-10-15-34-14-4-5-16-40(34)41/h1-33H. The van der Waals surface area contributed by atoms with Crippen LogP contribution in [0, 0.1) is 0 Å². The van der Waals surface area contributed by atoms with Gasteiger partial charge in [0.1, 0.15) is 5.58 Å². The van der Waals surface area contributed by atoms with Gasteiger partial charge in [0.05, 0.1) is 5.69 Å². The lowest BCUT2D eigenvalue weighted by Gasteiger charge is -2.27. The summed E-state index contributed by atoms with van der Waals surface area (Å²) in [5.74, 6) is 0. The van der Waals surface area contributed by atoms with Crippen LogP contribution in [-0.2, 0) is 0 Å². The Labute approximate surface area is 322 Å². The fraction of sp³-hybridized carbons (Fsp3) is 0. The Morgan fingerprint density at radius 3 is 1.91 bits per heavy atom. The SMILES string of the molecule is c1ccc(-c2cc(N(c3ccc(-c4cccc5ccccc45)cc3)c3cccc4c3oc3ccccc34)ccc2-c2ccc3c(c2)sc2ccccc23)cc1. The molecule has 258 valence electrons. The summed E-state index contributed by atoms with van der Waals surface area (Å²) >= 11 is 1.86. The Hall–Kier alpha value is -6.94. The van der Waals surface area contributed by atoms with Crippen molar-refractivity contribution in [3.8, 4) is 33.4 Å². The molecule has 11 rings (SSSR count). The first kappa shape index (κ1) is 31.6. The molecule has 11 aromatic rings. The van der Waals surface area contributed by atoms with Crippen LogP contribution in [0.2, 0.25) is 0 Å². The number of anilines is 3. The highest BCUT2D eigenvalue weighted by Crippen LogP contribution is 2.46. The lowest BCUT2D eigenvalue weighted by molar-refractivity contribution is 0.669. The van der Waals surface area contributed by atoms with Crippen molar-refractivity contribution in [1.29, 1.82) is 0 Å². The van der Waals surface area contributed by atoms with Gasteiger partial charge in [-0.2, -0.15) is 0 Å². The van der Waals surface area contributed by atoms with E-state index in [0.29, 0.717) is 0 Å². The Morgan fingerprint density at radius 1 is 0.364 bits per heavy atom. The summed E-state index contributed by atoms with van der Waals surface area (Å²) in [6.07, 6.45) is 0. The molecule has 0 aliphatic heterocycles. The topological polar surface area (TPSA) is 16.4 Å². The quantitative estimate of drug-likeness (QED) is 0.170. The van der Waals surface area contributed by atoms with Crippen molar-refractivity contribution < 1.29 is 4.42 Å². The van der Waals surface area contributed by atoms with Gasteiger partial charge in [-0.25, -0.2) is 0 Å². The first-order chi connectivity index (χ1) is 27.3. The van der Waals surface area contributed by atoms with Gasteiger partial charge in [-0.1, -0.05) is 152 Å². The fourth-order valence-corrected chi connectivity index (χ4v) is 9.42. The number of furan rings is 1. The molecule has 0 saturated carbocycles. The van der Waals surface area contributed by atoms with Crippen LogP contribution in [0.3, 0.4) is 0 Å². The number of thiophene rings is 1. The van der Waals surface area contributed by atoms with Crippen molar-refractivity contribution >= 4 is 81.3 Å². The van der Waals surface area contributed by atoms with Crippen LogP contribution < -0.4 is 4.90 Å². The summed E-state index contributed by atoms with van der Waals surface area (Å²) in [4.78, 5) is 2.35. The highest BCUT2D eigenvalue weighted by atomic mass is 32.1. The highest BCUT2D eigenvalue weighted by molar-refractivity contribution is 7.25. The van der Waals surface area contributed by atoms with Crippen LogP contribution in [0.15, 0.2) is 205 Å². The summed E-state index contributed by atoms with van der Waals surface area (Å²) < 4.78 is 9.29. The van der Waals surface area contributed by atoms with Gasteiger partial charge < -0.3 is 9.32 Å². The molecule has 0 N–H and O–H groups in total. The van der Waals surface area contributed by atoms with E-state index in [0.717, 1.165) is 39.0 Å². The van der Waals surface area contributed by atoms with Crippen molar-refractivity contribution in [2.75, 3.05) is 4.90 Å². The van der Waals surface area contributed by atoms with E-state index in [2.05, 4.69) is 199 Å². The zero-order chi connectivity index (χ0) is 36.3. The number of nitrogens with zero attached hydrogens (tertiary/aromatic N) is 1. The molecule has 3 heteroatoms. The predicted octanol–water partition coefficient (Wildman–Crippen LogP) is 15.6. The fourth-order valence-electron chi connectivity index (χ4n) is 8.28. The van der Waals surface area contributed by atoms with Gasteiger partial charge in [-0.05, 0) is 92.7 Å². The molecular weight excluding hydrogens is 687 g/mol. The van der Waals surface area contributed by atoms with Crippen LogP contribution >= 0.6 is 11.3 Å². The predicted molar refractivity (Wildman–Crippen MR) is 235 cm³/mol. The molecule has 2 heterocycles. The lowest BCUT2D eigenvalue weighted by atomic mass is 9.93. The molecule has 55 heavy (non-hydrogen) atoms. The Balaban J connectivity index is 1.11. The number of para-hydroxylation sites is 2. The third kappa shape index (κ3) is 5.32. The zero-order valence-corrected chi connectivity index (χ0v) is 30.6. The van der Waals surface area contributed by atoms with E-state index in [1.807, 2.05) is 17.4 Å². The van der Waals surface area contributed by atoms with Gasteiger partial charge >= 0.3 is 0 Å². The average molecular weight is 720 g/mol. The molecule has 0 aliphatic rings. The lowest BCUT2D eigenvalue weighted by Crippen LogP contribution is -2.10. The van der Waals surface area contributed by atoms with Gasteiger partial charge in [0, 0.05) is 42.3 Å². The molecule has 2 aromatic heterocycles. The summed E-state index contributed by atoms with van der Waals surface area (Å²) in [5.41, 5.74) is 12.0. The molecule has 0 atom stereocenters. The number of hydrogen-bond acceptors (Lipinski definition) is 3. The van der Waals surface area contributed by atoms with Crippen molar-refractivity contribution in [3.05, 3.63) is 200 Å². The number of rotatable bonds is 6.